The van der Waals surface area contributed by atoms with Gasteiger partial charge in [0, 0.05) is 58.0 Å². The first-order chi connectivity index (χ1) is 14.0. The van der Waals surface area contributed by atoms with E-state index in [1.54, 1.807) is 13.1 Å². The third-order valence-corrected chi connectivity index (χ3v) is 5.87. The predicted octanol–water partition coefficient (Wildman–Crippen LogP) is 3.05. The average Bonchev–Trinajstić information content (AvgIpc) is 3.14. The first-order valence-electron chi connectivity index (χ1n) is 10.6. The Balaban J connectivity index is 1.43. The monoisotopic (exact) mass is 396 g/mol. The Labute approximate surface area is 173 Å². The molecular weight excluding hydrogens is 364 g/mol. The van der Waals surface area contributed by atoms with Gasteiger partial charge in [0.1, 0.15) is 5.82 Å². The fourth-order valence-corrected chi connectivity index (χ4v) is 4.13. The van der Waals surface area contributed by atoms with Gasteiger partial charge in [-0.15, -0.1) is 0 Å². The van der Waals surface area contributed by atoms with Crippen molar-refractivity contribution in [3.8, 4) is 0 Å². The molecule has 0 bridgehead atoms. The first kappa shape index (κ1) is 21.1. The van der Waals surface area contributed by atoms with Crippen LogP contribution in [0.3, 0.4) is 0 Å². The smallest absolute Gasteiger partial charge is 0.222 e. The minimum atomic E-state index is 0.107. The molecule has 0 N–H and O–H groups in total. The Morgan fingerprint density at radius 1 is 1.17 bits per heavy atom. The average molecular weight is 397 g/mol. The van der Waals surface area contributed by atoms with Crippen molar-refractivity contribution in [1.82, 2.24) is 19.4 Å². The summed E-state index contributed by atoms with van der Waals surface area (Å²) in [7, 11) is 0. The highest BCUT2D eigenvalue weighted by molar-refractivity contribution is 5.76. The van der Waals surface area contributed by atoms with Gasteiger partial charge in [-0.3, -0.25) is 9.59 Å². The van der Waals surface area contributed by atoms with Crippen LogP contribution < -0.4 is 0 Å². The summed E-state index contributed by atoms with van der Waals surface area (Å²) in [5.41, 5.74) is 1.28. The molecule has 0 unspecified atom stereocenters. The standard InChI is InChI=1S/C23H32N4O2/c1-19-24-13-16-25(19)17-18-27(20(2)28)22-11-14-26(15-12-22)23(29)10-6-9-21-7-4-3-5-8-21/h3-5,7-8,13,16,22H,6,9-12,14-15,17-18H2,1-2H3. The van der Waals surface area contributed by atoms with Crippen LogP contribution in [0, 0.1) is 6.92 Å². The minimum absolute atomic E-state index is 0.107. The summed E-state index contributed by atoms with van der Waals surface area (Å²) < 4.78 is 2.07. The summed E-state index contributed by atoms with van der Waals surface area (Å²) in [5.74, 6) is 1.31. The van der Waals surface area contributed by atoms with E-state index in [1.165, 1.54) is 5.56 Å². The lowest BCUT2D eigenvalue weighted by Gasteiger charge is -2.38. The zero-order valence-corrected chi connectivity index (χ0v) is 17.6. The summed E-state index contributed by atoms with van der Waals surface area (Å²) in [6.45, 7) is 6.53. The van der Waals surface area contributed by atoms with Gasteiger partial charge >= 0.3 is 0 Å². The summed E-state index contributed by atoms with van der Waals surface area (Å²) in [6, 6.07) is 10.5. The summed E-state index contributed by atoms with van der Waals surface area (Å²) in [4.78, 5) is 32.9. The maximum absolute atomic E-state index is 12.6. The number of carbonyl (C=O) groups is 2. The molecule has 1 aromatic carbocycles. The van der Waals surface area contributed by atoms with Crippen molar-refractivity contribution >= 4 is 11.8 Å². The number of carbonyl (C=O) groups excluding carboxylic acids is 2. The van der Waals surface area contributed by atoms with Crippen molar-refractivity contribution < 1.29 is 9.59 Å². The second-order valence-corrected chi connectivity index (χ2v) is 7.83. The van der Waals surface area contributed by atoms with Crippen LogP contribution in [-0.4, -0.2) is 56.8 Å². The second kappa shape index (κ2) is 10.2. The molecular formula is C23H32N4O2. The molecule has 2 heterocycles. The molecule has 0 saturated carbocycles. The summed E-state index contributed by atoms with van der Waals surface area (Å²) in [5, 5.41) is 0. The zero-order chi connectivity index (χ0) is 20.6. The van der Waals surface area contributed by atoms with Crippen LogP contribution >= 0.6 is 0 Å². The molecule has 1 aliphatic heterocycles. The lowest BCUT2D eigenvalue weighted by molar-refractivity contribution is -0.135. The third kappa shape index (κ3) is 5.92. The normalized spacial score (nSPS) is 14.8. The van der Waals surface area contributed by atoms with Gasteiger partial charge in [0.25, 0.3) is 0 Å². The van der Waals surface area contributed by atoms with E-state index in [-0.39, 0.29) is 17.9 Å². The topological polar surface area (TPSA) is 58.4 Å². The van der Waals surface area contributed by atoms with Crippen molar-refractivity contribution in [1.29, 1.82) is 0 Å². The molecule has 1 fully saturated rings. The Morgan fingerprint density at radius 3 is 2.52 bits per heavy atom. The predicted molar refractivity (Wildman–Crippen MR) is 113 cm³/mol. The molecule has 0 spiro atoms. The van der Waals surface area contributed by atoms with E-state index in [1.807, 2.05) is 41.1 Å². The molecule has 2 aromatic rings. The fourth-order valence-electron chi connectivity index (χ4n) is 4.13. The molecule has 6 heteroatoms. The van der Waals surface area contributed by atoms with Gasteiger partial charge in [-0.1, -0.05) is 30.3 Å². The van der Waals surface area contributed by atoms with Gasteiger partial charge in [0.15, 0.2) is 0 Å². The van der Waals surface area contributed by atoms with Crippen molar-refractivity contribution in [2.24, 2.45) is 0 Å². The van der Waals surface area contributed by atoms with Crippen LogP contribution in [0.1, 0.15) is 44.0 Å². The Morgan fingerprint density at radius 2 is 1.90 bits per heavy atom. The maximum atomic E-state index is 12.6. The Kier molecular flexibility index (Phi) is 7.44. The molecule has 0 aliphatic carbocycles. The number of imidazole rings is 1. The zero-order valence-electron chi connectivity index (χ0n) is 17.6. The van der Waals surface area contributed by atoms with E-state index < -0.39 is 0 Å². The van der Waals surface area contributed by atoms with E-state index >= 15 is 0 Å². The number of amides is 2. The first-order valence-corrected chi connectivity index (χ1v) is 10.6. The molecule has 2 amide bonds. The van der Waals surface area contributed by atoms with Crippen molar-refractivity contribution in [3.05, 3.63) is 54.1 Å². The SMILES string of the molecule is CC(=O)N(CCn1ccnc1C)C1CCN(C(=O)CCCc2ccccc2)CC1. The molecule has 3 rings (SSSR count). The second-order valence-electron chi connectivity index (χ2n) is 7.83. The quantitative estimate of drug-likeness (QED) is 0.689. The van der Waals surface area contributed by atoms with Gasteiger partial charge in [0.05, 0.1) is 0 Å². The fraction of sp³-hybridized carbons (Fsp3) is 0.522. The Bertz CT molecular complexity index is 794. The van der Waals surface area contributed by atoms with E-state index in [2.05, 4.69) is 21.7 Å². The number of aromatic nitrogens is 2. The maximum Gasteiger partial charge on any atom is 0.222 e. The lowest BCUT2D eigenvalue weighted by Crippen LogP contribution is -2.49. The molecule has 156 valence electrons. The molecule has 1 aliphatic rings. The van der Waals surface area contributed by atoms with E-state index in [9.17, 15) is 9.59 Å². The van der Waals surface area contributed by atoms with E-state index in [0.717, 1.165) is 51.1 Å². The van der Waals surface area contributed by atoms with Gasteiger partial charge in [0.2, 0.25) is 11.8 Å². The van der Waals surface area contributed by atoms with Crippen LogP contribution in [0.25, 0.3) is 0 Å². The van der Waals surface area contributed by atoms with Crippen molar-refractivity contribution in [3.63, 3.8) is 0 Å². The number of nitrogens with zero attached hydrogens (tertiary/aromatic N) is 4. The molecule has 0 atom stereocenters. The highest BCUT2D eigenvalue weighted by Crippen LogP contribution is 2.18. The number of piperidine rings is 1. The molecule has 0 radical (unpaired) electrons. The van der Waals surface area contributed by atoms with Gasteiger partial charge < -0.3 is 14.4 Å². The lowest BCUT2D eigenvalue weighted by atomic mass is 10.0. The summed E-state index contributed by atoms with van der Waals surface area (Å²) in [6.07, 6.45) is 7.86. The van der Waals surface area contributed by atoms with Crippen LogP contribution in [0.15, 0.2) is 42.7 Å². The van der Waals surface area contributed by atoms with Crippen LogP contribution in [0.4, 0.5) is 0 Å². The highest BCUT2D eigenvalue weighted by atomic mass is 16.2. The highest BCUT2D eigenvalue weighted by Gasteiger charge is 2.28. The van der Waals surface area contributed by atoms with Crippen molar-refractivity contribution in [2.75, 3.05) is 19.6 Å². The number of hydrogen-bond donors (Lipinski definition) is 0. The third-order valence-electron chi connectivity index (χ3n) is 5.87. The number of aryl methyl sites for hydroxylation is 2. The van der Waals surface area contributed by atoms with Crippen molar-refractivity contribution in [2.45, 2.75) is 58.5 Å². The van der Waals surface area contributed by atoms with Crippen LogP contribution in [-0.2, 0) is 22.6 Å². The van der Waals surface area contributed by atoms with Crippen LogP contribution in [0.5, 0.6) is 0 Å². The summed E-state index contributed by atoms with van der Waals surface area (Å²) >= 11 is 0. The number of hydrogen-bond acceptors (Lipinski definition) is 3. The molecule has 1 saturated heterocycles. The van der Waals surface area contributed by atoms with Gasteiger partial charge in [-0.25, -0.2) is 4.98 Å². The number of benzene rings is 1. The molecule has 1 aromatic heterocycles. The van der Waals surface area contributed by atoms with Crippen LogP contribution in [0.2, 0.25) is 0 Å². The van der Waals surface area contributed by atoms with E-state index in [0.29, 0.717) is 13.0 Å². The largest absolute Gasteiger partial charge is 0.343 e. The Hall–Kier alpha value is -2.63. The van der Waals surface area contributed by atoms with Gasteiger partial charge in [-0.05, 0) is 38.2 Å². The van der Waals surface area contributed by atoms with Gasteiger partial charge in [-0.2, -0.15) is 0 Å². The molecule has 6 nitrogen and oxygen atoms in total. The molecule has 29 heavy (non-hydrogen) atoms. The number of likely N-dealkylation sites (tertiary alicyclic amines) is 1. The minimum Gasteiger partial charge on any atom is -0.343 e. The van der Waals surface area contributed by atoms with E-state index in [4.69, 9.17) is 0 Å². The number of rotatable bonds is 8.